The predicted molar refractivity (Wildman–Crippen MR) is 107 cm³/mol. The predicted octanol–water partition coefficient (Wildman–Crippen LogP) is 6.82. The molecule has 26 heavy (non-hydrogen) atoms. The largest absolute Gasteiger partial charge is 0.456 e. The summed E-state index contributed by atoms with van der Waals surface area (Å²) < 4.78 is 6.06. The molecule has 0 aliphatic heterocycles. The highest BCUT2D eigenvalue weighted by atomic mass is 16.3. The maximum absolute atomic E-state index is 6.06. The highest BCUT2D eigenvalue weighted by molar-refractivity contribution is 6.05. The van der Waals surface area contributed by atoms with E-state index in [2.05, 4.69) is 72.8 Å². The molecule has 1 aliphatic carbocycles. The number of para-hydroxylation sites is 1. The molecule has 0 unspecified atom stereocenters. The number of fused-ring (bicyclic) bond motifs is 6. The molecular formula is C25H16O. The average Bonchev–Trinajstić information content (AvgIpc) is 3.24. The monoisotopic (exact) mass is 332 g/mol. The Morgan fingerprint density at radius 2 is 1.27 bits per heavy atom. The van der Waals surface area contributed by atoms with E-state index in [9.17, 15) is 0 Å². The van der Waals surface area contributed by atoms with E-state index in [1.807, 2.05) is 12.1 Å². The van der Waals surface area contributed by atoms with Gasteiger partial charge in [0.1, 0.15) is 11.2 Å². The molecule has 0 spiro atoms. The van der Waals surface area contributed by atoms with E-state index in [-0.39, 0.29) is 0 Å². The van der Waals surface area contributed by atoms with Crippen LogP contribution in [0, 0.1) is 0 Å². The number of hydrogen-bond acceptors (Lipinski definition) is 1. The first-order valence-electron chi connectivity index (χ1n) is 9.00. The quantitative estimate of drug-likeness (QED) is 0.322. The maximum atomic E-state index is 6.06. The lowest BCUT2D eigenvalue weighted by Crippen LogP contribution is -1.83. The number of furan rings is 1. The smallest absolute Gasteiger partial charge is 0.136 e. The summed E-state index contributed by atoms with van der Waals surface area (Å²) in [5.41, 5.74) is 9.93. The second-order valence-electron chi connectivity index (χ2n) is 7.02. The van der Waals surface area contributed by atoms with Gasteiger partial charge in [0.05, 0.1) is 0 Å². The topological polar surface area (TPSA) is 13.1 Å². The van der Waals surface area contributed by atoms with Gasteiger partial charge >= 0.3 is 0 Å². The third-order valence-electron chi connectivity index (χ3n) is 5.51. The van der Waals surface area contributed by atoms with Gasteiger partial charge < -0.3 is 4.42 Å². The van der Waals surface area contributed by atoms with E-state index in [1.54, 1.807) is 0 Å². The van der Waals surface area contributed by atoms with Gasteiger partial charge in [0, 0.05) is 10.8 Å². The Hall–Kier alpha value is -3.32. The summed E-state index contributed by atoms with van der Waals surface area (Å²) in [4.78, 5) is 0. The molecule has 6 rings (SSSR count). The SMILES string of the molecule is c1ccc2c(c1)Cc1cc(-c3ccc4c(c3)oc3ccccc34)ccc1-2. The van der Waals surface area contributed by atoms with Crippen molar-refractivity contribution in [2.75, 3.05) is 0 Å². The van der Waals surface area contributed by atoms with Crippen LogP contribution in [0.25, 0.3) is 44.2 Å². The summed E-state index contributed by atoms with van der Waals surface area (Å²) in [6.45, 7) is 0. The van der Waals surface area contributed by atoms with Crippen LogP contribution >= 0.6 is 0 Å². The van der Waals surface area contributed by atoms with Gasteiger partial charge in [0.2, 0.25) is 0 Å². The molecule has 0 amide bonds. The van der Waals surface area contributed by atoms with E-state index in [4.69, 9.17) is 4.42 Å². The van der Waals surface area contributed by atoms with Crippen LogP contribution in [0.3, 0.4) is 0 Å². The molecule has 1 heteroatoms. The summed E-state index contributed by atoms with van der Waals surface area (Å²) in [6, 6.07) is 30.3. The Kier molecular flexibility index (Phi) is 2.72. The van der Waals surface area contributed by atoms with Crippen molar-refractivity contribution in [1.29, 1.82) is 0 Å². The van der Waals surface area contributed by atoms with E-state index in [0.29, 0.717) is 0 Å². The first-order valence-corrected chi connectivity index (χ1v) is 9.00. The standard InChI is InChI=1S/C25H16O/c1-2-6-20-18(5-1)14-19-13-16(9-11-21(19)20)17-10-12-23-22-7-3-4-8-24(22)26-25(23)15-17/h1-13,15H,14H2. The molecule has 0 atom stereocenters. The number of hydrogen-bond donors (Lipinski definition) is 0. The van der Waals surface area contributed by atoms with Gasteiger partial charge in [-0.3, -0.25) is 0 Å². The third-order valence-corrected chi connectivity index (χ3v) is 5.51. The van der Waals surface area contributed by atoms with Crippen molar-refractivity contribution >= 4 is 21.9 Å². The van der Waals surface area contributed by atoms with Crippen molar-refractivity contribution < 1.29 is 4.42 Å². The zero-order valence-corrected chi connectivity index (χ0v) is 14.2. The minimum absolute atomic E-state index is 0.948. The Labute approximate surface area is 151 Å². The van der Waals surface area contributed by atoms with Gasteiger partial charge in [0.25, 0.3) is 0 Å². The van der Waals surface area contributed by atoms with E-state index in [0.717, 1.165) is 17.6 Å². The minimum Gasteiger partial charge on any atom is -0.456 e. The van der Waals surface area contributed by atoms with Gasteiger partial charge in [-0.1, -0.05) is 66.7 Å². The summed E-state index contributed by atoms with van der Waals surface area (Å²) in [5, 5.41) is 2.36. The average molecular weight is 332 g/mol. The number of benzene rings is 4. The Morgan fingerprint density at radius 1 is 0.538 bits per heavy atom. The Bertz CT molecular complexity index is 1310. The lowest BCUT2D eigenvalue weighted by Gasteiger charge is -2.06. The molecule has 0 bridgehead atoms. The molecule has 5 aromatic rings. The van der Waals surface area contributed by atoms with E-state index < -0.39 is 0 Å². The molecule has 0 fully saturated rings. The van der Waals surface area contributed by atoms with Crippen molar-refractivity contribution in [1.82, 2.24) is 0 Å². The van der Waals surface area contributed by atoms with Crippen molar-refractivity contribution in [2.24, 2.45) is 0 Å². The summed E-state index contributed by atoms with van der Waals surface area (Å²) >= 11 is 0. The molecule has 4 aromatic carbocycles. The van der Waals surface area contributed by atoms with E-state index in [1.165, 1.54) is 44.2 Å². The molecular weight excluding hydrogens is 316 g/mol. The van der Waals surface area contributed by atoms with E-state index >= 15 is 0 Å². The molecule has 1 aliphatic rings. The maximum Gasteiger partial charge on any atom is 0.136 e. The lowest BCUT2D eigenvalue weighted by molar-refractivity contribution is 0.669. The first-order chi connectivity index (χ1) is 12.9. The zero-order chi connectivity index (χ0) is 17.1. The molecule has 1 aromatic heterocycles. The van der Waals surface area contributed by atoms with Crippen molar-refractivity contribution in [3.63, 3.8) is 0 Å². The van der Waals surface area contributed by atoms with Crippen LogP contribution in [0.2, 0.25) is 0 Å². The highest BCUT2D eigenvalue weighted by Gasteiger charge is 2.18. The lowest BCUT2D eigenvalue weighted by atomic mass is 9.98. The van der Waals surface area contributed by atoms with Crippen LogP contribution in [0.15, 0.2) is 89.3 Å². The van der Waals surface area contributed by atoms with Gasteiger partial charge in [-0.15, -0.1) is 0 Å². The minimum atomic E-state index is 0.948. The second kappa shape index (κ2) is 5.09. The number of rotatable bonds is 1. The fourth-order valence-corrected chi connectivity index (χ4v) is 4.23. The fourth-order valence-electron chi connectivity index (χ4n) is 4.23. The van der Waals surface area contributed by atoms with Crippen molar-refractivity contribution in [2.45, 2.75) is 6.42 Å². The summed E-state index contributed by atoms with van der Waals surface area (Å²) in [5.74, 6) is 0. The molecule has 0 radical (unpaired) electrons. The third kappa shape index (κ3) is 1.91. The van der Waals surface area contributed by atoms with Gasteiger partial charge in [0.15, 0.2) is 0 Å². The molecule has 0 N–H and O–H groups in total. The Morgan fingerprint density at radius 3 is 2.27 bits per heavy atom. The fraction of sp³-hybridized carbons (Fsp3) is 0.0400. The zero-order valence-electron chi connectivity index (χ0n) is 14.2. The second-order valence-corrected chi connectivity index (χ2v) is 7.02. The first kappa shape index (κ1) is 13.9. The van der Waals surface area contributed by atoms with Crippen molar-refractivity contribution in [3.8, 4) is 22.3 Å². The van der Waals surface area contributed by atoms with Gasteiger partial charge in [-0.2, -0.15) is 0 Å². The van der Waals surface area contributed by atoms with Gasteiger partial charge in [-0.05, 0) is 58.0 Å². The van der Waals surface area contributed by atoms with Crippen molar-refractivity contribution in [3.05, 3.63) is 96.1 Å². The van der Waals surface area contributed by atoms with Crippen LogP contribution in [0.1, 0.15) is 11.1 Å². The molecule has 1 heterocycles. The van der Waals surface area contributed by atoms with Gasteiger partial charge in [-0.25, -0.2) is 0 Å². The molecule has 0 saturated carbocycles. The Balaban J connectivity index is 1.49. The summed E-state index contributed by atoms with van der Waals surface area (Å²) in [7, 11) is 0. The van der Waals surface area contributed by atoms with Crippen LogP contribution < -0.4 is 0 Å². The molecule has 122 valence electrons. The van der Waals surface area contributed by atoms with Crippen LogP contribution in [-0.2, 0) is 6.42 Å². The molecule has 0 saturated heterocycles. The highest BCUT2D eigenvalue weighted by Crippen LogP contribution is 2.39. The van der Waals surface area contributed by atoms with Crippen LogP contribution in [0.5, 0.6) is 0 Å². The van der Waals surface area contributed by atoms with Crippen LogP contribution in [0.4, 0.5) is 0 Å². The normalized spacial score (nSPS) is 12.5. The van der Waals surface area contributed by atoms with Crippen LogP contribution in [-0.4, -0.2) is 0 Å². The molecule has 1 nitrogen and oxygen atoms in total. The summed E-state index contributed by atoms with van der Waals surface area (Å²) in [6.07, 6.45) is 1.02.